The lowest BCUT2D eigenvalue weighted by Crippen LogP contribution is -2.45. The predicted octanol–water partition coefficient (Wildman–Crippen LogP) is 2.17. The van der Waals surface area contributed by atoms with Crippen LogP contribution in [0.5, 0.6) is 0 Å². The Kier molecular flexibility index (Phi) is 7.22. The minimum atomic E-state index is -2.86. The maximum atomic E-state index is 13.1. The van der Waals surface area contributed by atoms with Crippen molar-refractivity contribution in [3.63, 3.8) is 0 Å². The molecule has 32 heavy (non-hydrogen) atoms. The Morgan fingerprint density at radius 3 is 2.78 bits per heavy atom. The highest BCUT2D eigenvalue weighted by Crippen LogP contribution is 2.22. The smallest absolute Gasteiger partial charge is 0.295 e. The van der Waals surface area contributed by atoms with Gasteiger partial charge in [0.05, 0.1) is 11.6 Å². The number of carbonyl (C=O) groups excluding carboxylic acids is 2. The molecule has 2 aromatic heterocycles. The van der Waals surface area contributed by atoms with Crippen molar-refractivity contribution in [3.8, 4) is 6.07 Å². The summed E-state index contributed by atoms with van der Waals surface area (Å²) in [5, 5.41) is 14.9. The van der Waals surface area contributed by atoms with E-state index in [-0.39, 0.29) is 41.6 Å². The van der Waals surface area contributed by atoms with E-state index >= 15 is 0 Å². The summed E-state index contributed by atoms with van der Waals surface area (Å²) in [7, 11) is 0. The van der Waals surface area contributed by atoms with Crippen molar-refractivity contribution in [1.29, 1.82) is 5.26 Å². The number of alkyl halides is 2. The largest absolute Gasteiger partial charge is 0.356 e. The molecule has 0 aliphatic carbocycles. The number of hydrogen-bond donors (Lipinski definition) is 3. The molecule has 3 heterocycles. The molecule has 2 aromatic rings. The topological polar surface area (TPSA) is 133 Å². The monoisotopic (exact) mass is 448 g/mol. The van der Waals surface area contributed by atoms with E-state index in [9.17, 15) is 28.4 Å². The number of H-pyrrole nitrogens is 1. The second-order valence-corrected chi connectivity index (χ2v) is 8.41. The number of nitriles is 1. The SMILES string of the molecule is CC(C)CC(C(=O)N[C@H](C#N)C[C@@H]1CCCNC1=O)n1ccc2[nH]c(C(F)F)nc2c1=O. The molecule has 1 unspecified atom stereocenters. The standard InChI is InChI=1S/C21H26F2N6O3/c1-11(2)8-15(20(31)26-13(10-24)9-12-4-3-6-25-19(12)30)29-7-5-14-16(21(29)32)28-18(27-14)17(22)23/h5,7,11-13,15,17H,3-4,6,8-9H2,1-2H3,(H,25,30)(H,26,31)(H,27,28)/t12-,13-,15?/m0/s1. The second kappa shape index (κ2) is 9.89. The Morgan fingerprint density at radius 2 is 2.16 bits per heavy atom. The van der Waals surface area contributed by atoms with Gasteiger partial charge < -0.3 is 20.2 Å². The van der Waals surface area contributed by atoms with Gasteiger partial charge in [0.15, 0.2) is 11.3 Å². The molecular formula is C21H26F2N6O3. The van der Waals surface area contributed by atoms with Crippen LogP contribution in [0.2, 0.25) is 0 Å². The molecule has 1 aliphatic heterocycles. The van der Waals surface area contributed by atoms with Crippen LogP contribution in [0.25, 0.3) is 11.0 Å². The zero-order valence-electron chi connectivity index (χ0n) is 17.9. The van der Waals surface area contributed by atoms with Crippen molar-refractivity contribution in [2.24, 2.45) is 11.8 Å². The summed E-state index contributed by atoms with van der Waals surface area (Å²) in [6.45, 7) is 4.35. The van der Waals surface area contributed by atoms with Gasteiger partial charge in [-0.05, 0) is 37.7 Å². The van der Waals surface area contributed by atoms with Gasteiger partial charge in [0, 0.05) is 18.7 Å². The number of nitrogens with one attached hydrogen (secondary N) is 3. The number of halogens is 2. The maximum absolute atomic E-state index is 13.1. The lowest BCUT2D eigenvalue weighted by Gasteiger charge is -2.26. The van der Waals surface area contributed by atoms with E-state index in [0.29, 0.717) is 13.0 Å². The van der Waals surface area contributed by atoms with Gasteiger partial charge in [-0.25, -0.2) is 13.8 Å². The summed E-state index contributed by atoms with van der Waals surface area (Å²) < 4.78 is 27.1. The fourth-order valence-electron chi connectivity index (χ4n) is 3.93. The van der Waals surface area contributed by atoms with Crippen LogP contribution in [0, 0.1) is 23.2 Å². The van der Waals surface area contributed by atoms with Crippen LogP contribution in [0.3, 0.4) is 0 Å². The summed E-state index contributed by atoms with van der Waals surface area (Å²) in [6, 6.07) is 1.58. The first kappa shape index (κ1) is 23.4. The van der Waals surface area contributed by atoms with Gasteiger partial charge in [0.2, 0.25) is 11.8 Å². The Morgan fingerprint density at radius 1 is 1.41 bits per heavy atom. The number of amides is 2. The molecule has 0 aromatic carbocycles. The predicted molar refractivity (Wildman–Crippen MR) is 112 cm³/mol. The van der Waals surface area contributed by atoms with E-state index in [2.05, 4.69) is 20.6 Å². The van der Waals surface area contributed by atoms with Crippen LogP contribution in [0.15, 0.2) is 17.1 Å². The molecule has 11 heteroatoms. The number of nitrogens with zero attached hydrogens (tertiary/aromatic N) is 3. The van der Waals surface area contributed by atoms with Crippen LogP contribution in [0.4, 0.5) is 8.78 Å². The van der Waals surface area contributed by atoms with Crippen molar-refractivity contribution in [1.82, 2.24) is 25.2 Å². The number of aromatic nitrogens is 3. The highest BCUT2D eigenvalue weighted by atomic mass is 19.3. The van der Waals surface area contributed by atoms with Gasteiger partial charge in [-0.1, -0.05) is 13.8 Å². The van der Waals surface area contributed by atoms with E-state index in [1.807, 2.05) is 19.9 Å². The van der Waals surface area contributed by atoms with E-state index < -0.39 is 35.8 Å². The number of rotatable bonds is 8. The molecule has 3 atom stereocenters. The van der Waals surface area contributed by atoms with Crippen LogP contribution in [0.1, 0.15) is 57.8 Å². The average Bonchev–Trinajstić information content (AvgIpc) is 3.19. The number of piperidine rings is 1. The van der Waals surface area contributed by atoms with Crippen molar-refractivity contribution in [3.05, 3.63) is 28.4 Å². The number of pyridine rings is 1. The van der Waals surface area contributed by atoms with Gasteiger partial charge in [0.1, 0.15) is 12.1 Å². The molecule has 1 saturated heterocycles. The Labute approximate surface area is 183 Å². The van der Waals surface area contributed by atoms with Crippen molar-refractivity contribution >= 4 is 22.8 Å². The molecule has 3 N–H and O–H groups in total. The van der Waals surface area contributed by atoms with Crippen molar-refractivity contribution < 1.29 is 18.4 Å². The minimum absolute atomic E-state index is 0.0220. The molecule has 0 bridgehead atoms. The van der Waals surface area contributed by atoms with Crippen LogP contribution < -0.4 is 16.2 Å². The van der Waals surface area contributed by atoms with E-state index in [4.69, 9.17) is 0 Å². The van der Waals surface area contributed by atoms with Crippen molar-refractivity contribution in [2.75, 3.05) is 6.54 Å². The van der Waals surface area contributed by atoms with Crippen LogP contribution in [-0.2, 0) is 9.59 Å². The van der Waals surface area contributed by atoms with E-state index in [1.54, 1.807) is 0 Å². The number of fused-ring (bicyclic) bond motifs is 1. The zero-order valence-corrected chi connectivity index (χ0v) is 17.9. The highest BCUT2D eigenvalue weighted by molar-refractivity contribution is 5.82. The minimum Gasteiger partial charge on any atom is -0.356 e. The second-order valence-electron chi connectivity index (χ2n) is 8.41. The third-order valence-corrected chi connectivity index (χ3v) is 5.52. The first-order chi connectivity index (χ1) is 15.2. The normalized spacial score (nSPS) is 18.4. The molecule has 172 valence electrons. The maximum Gasteiger partial charge on any atom is 0.295 e. The number of aromatic amines is 1. The van der Waals surface area contributed by atoms with Crippen LogP contribution in [-0.4, -0.2) is 38.9 Å². The quantitative estimate of drug-likeness (QED) is 0.569. The Hall–Kier alpha value is -3.29. The highest BCUT2D eigenvalue weighted by Gasteiger charge is 2.30. The van der Waals surface area contributed by atoms with Crippen LogP contribution >= 0.6 is 0 Å². The summed E-state index contributed by atoms with van der Waals surface area (Å²) in [5.74, 6) is -1.65. The Balaban J connectivity index is 1.86. The fourth-order valence-corrected chi connectivity index (χ4v) is 3.93. The molecule has 0 spiro atoms. The van der Waals surface area contributed by atoms with Gasteiger partial charge in [-0.2, -0.15) is 5.26 Å². The zero-order chi connectivity index (χ0) is 23.4. The summed E-state index contributed by atoms with van der Waals surface area (Å²) in [5.41, 5.74) is -0.699. The molecule has 3 rings (SSSR count). The van der Waals surface area contributed by atoms with Crippen molar-refractivity contribution in [2.45, 2.75) is 58.0 Å². The lowest BCUT2D eigenvalue weighted by atomic mass is 9.91. The molecule has 1 fully saturated rings. The number of imidazole rings is 1. The van der Waals surface area contributed by atoms with Gasteiger partial charge >= 0.3 is 0 Å². The number of carbonyl (C=O) groups is 2. The summed E-state index contributed by atoms with van der Waals surface area (Å²) >= 11 is 0. The molecule has 9 nitrogen and oxygen atoms in total. The first-order valence-corrected chi connectivity index (χ1v) is 10.6. The third kappa shape index (κ3) is 5.12. The van der Waals surface area contributed by atoms with Gasteiger partial charge in [-0.3, -0.25) is 14.4 Å². The molecular weight excluding hydrogens is 422 g/mol. The van der Waals surface area contributed by atoms with E-state index in [0.717, 1.165) is 11.0 Å². The number of hydrogen-bond acceptors (Lipinski definition) is 5. The molecule has 0 radical (unpaired) electrons. The molecule has 2 amide bonds. The van der Waals surface area contributed by atoms with Gasteiger partial charge in [0.25, 0.3) is 12.0 Å². The third-order valence-electron chi connectivity index (χ3n) is 5.52. The molecule has 1 aliphatic rings. The first-order valence-electron chi connectivity index (χ1n) is 10.6. The summed E-state index contributed by atoms with van der Waals surface area (Å²) in [6.07, 6.45) is 0.396. The van der Waals surface area contributed by atoms with E-state index in [1.165, 1.54) is 12.3 Å². The molecule has 0 saturated carbocycles. The van der Waals surface area contributed by atoms with Gasteiger partial charge in [-0.15, -0.1) is 0 Å². The Bertz CT molecular complexity index is 1090. The lowest BCUT2D eigenvalue weighted by molar-refractivity contribution is -0.128. The summed E-state index contributed by atoms with van der Waals surface area (Å²) in [4.78, 5) is 44.2. The average molecular weight is 448 g/mol. The fraction of sp³-hybridized carbons (Fsp3) is 0.571.